The average Bonchev–Trinajstić information content (AvgIpc) is 2.72. The van der Waals surface area contributed by atoms with Crippen LogP contribution < -0.4 is 0 Å². The molecule has 0 aliphatic rings. The van der Waals surface area contributed by atoms with E-state index in [0.717, 1.165) is 44.1 Å². The number of hydrogen-bond acceptors (Lipinski definition) is 3. The number of unbranched alkanes of at least 4 members (excludes halogenated alkanes) is 3. The van der Waals surface area contributed by atoms with Crippen LogP contribution in [0, 0.1) is 11.3 Å². The molecule has 0 amide bonds. The summed E-state index contributed by atoms with van der Waals surface area (Å²) in [7, 11) is 0. The van der Waals surface area contributed by atoms with E-state index in [0.29, 0.717) is 31.3 Å². The van der Waals surface area contributed by atoms with Gasteiger partial charge in [0.05, 0.1) is 24.4 Å². The minimum Gasteiger partial charge on any atom is -0.375 e. The van der Waals surface area contributed by atoms with Crippen molar-refractivity contribution in [2.24, 2.45) is 11.3 Å². The Hall–Kier alpha value is -1.19. The lowest BCUT2D eigenvalue weighted by atomic mass is 9.85. The number of ether oxygens (including phenoxy) is 2. The van der Waals surface area contributed by atoms with Crippen molar-refractivity contribution in [1.29, 1.82) is 0 Å². The lowest BCUT2D eigenvalue weighted by molar-refractivity contribution is -0.120. The molecular weight excluding hydrogens is 420 g/mol. The Bertz CT molecular complexity index is 686. The van der Waals surface area contributed by atoms with E-state index in [1.54, 1.807) is 0 Å². The molecule has 0 heterocycles. The van der Waals surface area contributed by atoms with Crippen molar-refractivity contribution in [2.45, 2.75) is 131 Å². The monoisotopic (exact) mass is 474 g/mol. The number of hydrogen-bond donors (Lipinski definition) is 0. The zero-order chi connectivity index (χ0) is 26.0. The Kier molecular flexibility index (Phi) is 12.5. The van der Waals surface area contributed by atoms with Crippen molar-refractivity contribution in [2.75, 3.05) is 13.2 Å². The standard InChI is InChI=1S/C31H54O3/c1-24(2)21-26-16-18-27(19-17-26)25(3)28(32)15-13-11-12-14-20-31(10,22-33-29(4,5)6)23-34-30(7,8)9/h16-19,24-25H,11-15,20-23H2,1-10H3. The molecule has 3 nitrogen and oxygen atoms in total. The first-order chi connectivity index (χ1) is 15.6. The van der Waals surface area contributed by atoms with Crippen LogP contribution in [0.15, 0.2) is 24.3 Å². The highest BCUT2D eigenvalue weighted by Gasteiger charge is 2.29. The summed E-state index contributed by atoms with van der Waals surface area (Å²) >= 11 is 0. The summed E-state index contributed by atoms with van der Waals surface area (Å²) in [5.74, 6) is 0.999. The van der Waals surface area contributed by atoms with Gasteiger partial charge in [-0.15, -0.1) is 0 Å². The second-order valence-electron chi connectivity index (χ2n) is 13.1. The number of rotatable bonds is 15. The molecule has 0 aliphatic carbocycles. The molecular formula is C31H54O3. The predicted octanol–water partition coefficient (Wildman–Crippen LogP) is 8.53. The first-order valence-electron chi connectivity index (χ1n) is 13.5. The maximum atomic E-state index is 12.7. The molecule has 0 fully saturated rings. The van der Waals surface area contributed by atoms with E-state index in [2.05, 4.69) is 93.5 Å². The molecule has 1 unspecified atom stereocenters. The van der Waals surface area contributed by atoms with Gasteiger partial charge in [-0.25, -0.2) is 0 Å². The largest absolute Gasteiger partial charge is 0.375 e. The van der Waals surface area contributed by atoms with Gasteiger partial charge < -0.3 is 9.47 Å². The number of ketones is 1. The third-order valence-corrected chi connectivity index (χ3v) is 6.27. The van der Waals surface area contributed by atoms with E-state index < -0.39 is 0 Å². The third kappa shape index (κ3) is 13.6. The van der Waals surface area contributed by atoms with Crippen molar-refractivity contribution in [3.05, 3.63) is 35.4 Å². The maximum absolute atomic E-state index is 12.7. The SMILES string of the molecule is CC(C)Cc1ccc(C(C)C(=O)CCCCCCC(C)(COC(C)(C)C)COC(C)(C)C)cc1. The minimum atomic E-state index is -0.144. The van der Waals surface area contributed by atoms with Crippen molar-refractivity contribution < 1.29 is 14.3 Å². The summed E-state index contributed by atoms with van der Waals surface area (Å²) in [5, 5.41) is 0. The van der Waals surface area contributed by atoms with E-state index in [1.807, 2.05) is 0 Å². The van der Waals surface area contributed by atoms with E-state index >= 15 is 0 Å². The molecule has 0 saturated carbocycles. The van der Waals surface area contributed by atoms with Crippen molar-refractivity contribution in [3.8, 4) is 0 Å². The zero-order valence-electron chi connectivity index (χ0n) is 24.1. The first kappa shape index (κ1) is 30.8. The molecule has 0 aliphatic heterocycles. The summed E-state index contributed by atoms with van der Waals surface area (Å²) < 4.78 is 12.3. The van der Waals surface area contributed by atoms with E-state index in [-0.39, 0.29) is 22.5 Å². The predicted molar refractivity (Wildman–Crippen MR) is 146 cm³/mol. The molecule has 0 bridgehead atoms. The number of Topliss-reactive ketones (excluding diaryl/α,β-unsaturated/α-hetero) is 1. The summed E-state index contributed by atoms with van der Waals surface area (Å²) in [5.41, 5.74) is 2.22. The van der Waals surface area contributed by atoms with Gasteiger partial charge in [0, 0.05) is 17.8 Å². The lowest BCUT2D eigenvalue weighted by Crippen LogP contribution is -2.36. The fraction of sp³-hybridized carbons (Fsp3) is 0.774. The lowest BCUT2D eigenvalue weighted by Gasteiger charge is -2.35. The fourth-order valence-corrected chi connectivity index (χ4v) is 3.99. The van der Waals surface area contributed by atoms with Crippen LogP contribution in [0.4, 0.5) is 0 Å². The van der Waals surface area contributed by atoms with Crippen LogP contribution in [0.3, 0.4) is 0 Å². The molecule has 196 valence electrons. The highest BCUT2D eigenvalue weighted by Crippen LogP contribution is 2.30. The van der Waals surface area contributed by atoms with Crippen molar-refractivity contribution >= 4 is 5.78 Å². The van der Waals surface area contributed by atoms with Gasteiger partial charge in [-0.3, -0.25) is 4.79 Å². The van der Waals surface area contributed by atoms with Gasteiger partial charge in [-0.1, -0.05) is 71.2 Å². The molecule has 0 radical (unpaired) electrons. The van der Waals surface area contributed by atoms with Crippen molar-refractivity contribution in [1.82, 2.24) is 0 Å². The molecule has 1 atom stereocenters. The van der Waals surface area contributed by atoms with E-state index in [9.17, 15) is 4.79 Å². The molecule has 1 aromatic rings. The van der Waals surface area contributed by atoms with Crippen LogP contribution in [0.2, 0.25) is 0 Å². The van der Waals surface area contributed by atoms with Gasteiger partial charge in [0.25, 0.3) is 0 Å². The molecule has 0 spiro atoms. The highest BCUT2D eigenvalue weighted by molar-refractivity contribution is 5.85. The van der Waals surface area contributed by atoms with Crippen LogP contribution >= 0.6 is 0 Å². The van der Waals surface area contributed by atoms with E-state index in [4.69, 9.17) is 9.47 Å². The van der Waals surface area contributed by atoms with Gasteiger partial charge in [0.1, 0.15) is 5.78 Å². The second-order valence-corrected chi connectivity index (χ2v) is 13.1. The van der Waals surface area contributed by atoms with Crippen LogP contribution in [0.25, 0.3) is 0 Å². The molecule has 3 heteroatoms. The minimum absolute atomic E-state index is 0.00657. The van der Waals surface area contributed by atoms with Gasteiger partial charge >= 0.3 is 0 Å². The smallest absolute Gasteiger partial charge is 0.140 e. The van der Waals surface area contributed by atoms with Gasteiger partial charge in [0.15, 0.2) is 0 Å². The van der Waals surface area contributed by atoms with E-state index in [1.165, 1.54) is 5.56 Å². The maximum Gasteiger partial charge on any atom is 0.140 e. The summed E-state index contributed by atoms with van der Waals surface area (Å²) in [6.45, 7) is 22.9. The van der Waals surface area contributed by atoms with Crippen LogP contribution in [0.5, 0.6) is 0 Å². The Morgan fingerprint density at radius 3 is 1.74 bits per heavy atom. The normalized spacial score (nSPS) is 14.0. The number of carbonyl (C=O) groups excluding carboxylic acids is 1. The van der Waals surface area contributed by atoms with Crippen LogP contribution in [-0.2, 0) is 20.7 Å². The van der Waals surface area contributed by atoms with Crippen LogP contribution in [-0.4, -0.2) is 30.2 Å². The zero-order valence-corrected chi connectivity index (χ0v) is 24.1. The summed E-state index contributed by atoms with van der Waals surface area (Å²) in [6.07, 6.45) is 7.19. The van der Waals surface area contributed by atoms with Gasteiger partial charge in [-0.05, 0) is 77.8 Å². The number of benzene rings is 1. The van der Waals surface area contributed by atoms with Crippen LogP contribution in [0.1, 0.15) is 125 Å². The third-order valence-electron chi connectivity index (χ3n) is 6.27. The fourth-order valence-electron chi connectivity index (χ4n) is 3.99. The average molecular weight is 475 g/mol. The summed E-state index contributed by atoms with van der Waals surface area (Å²) in [6, 6.07) is 8.65. The topological polar surface area (TPSA) is 35.5 Å². The Morgan fingerprint density at radius 2 is 1.26 bits per heavy atom. The number of carbonyl (C=O) groups is 1. The quantitative estimate of drug-likeness (QED) is 0.239. The Morgan fingerprint density at radius 1 is 0.765 bits per heavy atom. The second kappa shape index (κ2) is 13.8. The summed E-state index contributed by atoms with van der Waals surface area (Å²) in [4.78, 5) is 12.7. The molecule has 0 aromatic heterocycles. The molecule has 1 rings (SSSR count). The Balaban J connectivity index is 2.42. The highest BCUT2D eigenvalue weighted by atomic mass is 16.5. The first-order valence-corrected chi connectivity index (χ1v) is 13.5. The molecule has 34 heavy (non-hydrogen) atoms. The molecule has 0 N–H and O–H groups in total. The van der Waals surface area contributed by atoms with Crippen molar-refractivity contribution in [3.63, 3.8) is 0 Å². The Labute approximate surface area is 211 Å². The molecule has 0 saturated heterocycles. The molecule has 1 aromatic carbocycles. The van der Waals surface area contributed by atoms with Gasteiger partial charge in [0.2, 0.25) is 0 Å². The van der Waals surface area contributed by atoms with Gasteiger partial charge in [-0.2, -0.15) is 0 Å².